The molecule has 0 bridgehead atoms. The summed E-state index contributed by atoms with van der Waals surface area (Å²) >= 11 is 0. The molecule has 2 heterocycles. The second kappa shape index (κ2) is 16.3. The maximum absolute atomic E-state index is 13.6. The van der Waals surface area contributed by atoms with Crippen LogP contribution >= 0.6 is 0 Å². The second-order valence-corrected chi connectivity index (χ2v) is 12.1. The molecule has 0 saturated carbocycles. The van der Waals surface area contributed by atoms with Crippen LogP contribution in [0.1, 0.15) is 41.1 Å². The molecule has 1 aromatic heterocycles. The molecule has 10 nitrogen and oxygen atoms in total. The summed E-state index contributed by atoms with van der Waals surface area (Å²) in [6.45, 7) is 2.62. The monoisotopic (exact) mass is 683 g/mol. The van der Waals surface area contributed by atoms with Crippen molar-refractivity contribution < 1.29 is 36.9 Å². The Hall–Kier alpha value is -4.49. The van der Waals surface area contributed by atoms with E-state index in [2.05, 4.69) is 32.1 Å². The van der Waals surface area contributed by atoms with E-state index in [1.807, 2.05) is 42.5 Å². The van der Waals surface area contributed by atoms with E-state index in [-0.39, 0.29) is 24.4 Å². The quantitative estimate of drug-likeness (QED) is 0.154. The zero-order valence-electron chi connectivity index (χ0n) is 28.3. The van der Waals surface area contributed by atoms with Crippen molar-refractivity contribution in [2.24, 2.45) is 0 Å². The molecule has 0 radical (unpaired) electrons. The number of ether oxygens (including phenoxy) is 4. The van der Waals surface area contributed by atoms with Gasteiger partial charge in [0.1, 0.15) is 0 Å². The minimum atomic E-state index is -4.68. The van der Waals surface area contributed by atoms with E-state index >= 15 is 0 Å². The van der Waals surface area contributed by atoms with Gasteiger partial charge in [-0.25, -0.2) is 4.98 Å². The number of hydrogen-bond donors (Lipinski definition) is 1. The number of carbonyl (C=O) groups is 1. The molecule has 1 amide bonds. The van der Waals surface area contributed by atoms with Crippen molar-refractivity contribution in [1.82, 2.24) is 19.4 Å². The number of fused-ring (bicyclic) bond motifs is 1. The summed E-state index contributed by atoms with van der Waals surface area (Å²) in [6, 6.07) is 21.1. The first-order chi connectivity index (χ1) is 23.6. The molecule has 0 aliphatic carbocycles. The first kappa shape index (κ1) is 35.8. The van der Waals surface area contributed by atoms with Gasteiger partial charge in [0.2, 0.25) is 11.7 Å². The molecule has 3 aromatic carbocycles. The maximum Gasteiger partial charge on any atom is 0.522 e. The molecule has 1 fully saturated rings. The fraction of sp³-hybridized carbons (Fsp3) is 0.444. The lowest BCUT2D eigenvalue weighted by atomic mass is 9.94. The highest BCUT2D eigenvalue weighted by Gasteiger charge is 2.29. The highest BCUT2D eigenvalue weighted by molar-refractivity contribution is 5.95. The Labute approximate surface area is 284 Å². The van der Waals surface area contributed by atoms with E-state index in [1.54, 1.807) is 28.6 Å². The molecule has 264 valence electrons. The van der Waals surface area contributed by atoms with Crippen molar-refractivity contribution in [2.45, 2.75) is 44.1 Å². The molecule has 0 spiro atoms. The van der Waals surface area contributed by atoms with Crippen LogP contribution in [-0.2, 0) is 11.3 Å². The molecular formula is C36H44F3N5O5. The molecule has 1 N–H and O–H groups in total. The topological polar surface area (TPSA) is 90.3 Å². The van der Waals surface area contributed by atoms with E-state index in [9.17, 15) is 18.0 Å². The van der Waals surface area contributed by atoms with Gasteiger partial charge >= 0.3 is 6.36 Å². The number of methoxy groups -OCH3 is 3. The van der Waals surface area contributed by atoms with E-state index in [1.165, 1.54) is 21.3 Å². The number of aromatic nitrogens is 2. The van der Waals surface area contributed by atoms with E-state index in [0.29, 0.717) is 35.3 Å². The van der Waals surface area contributed by atoms with Gasteiger partial charge in [0.05, 0.1) is 39.0 Å². The molecule has 5 rings (SSSR count). The second-order valence-electron chi connectivity index (χ2n) is 12.1. The molecule has 13 heteroatoms. The summed E-state index contributed by atoms with van der Waals surface area (Å²) in [5.74, 6) is 1.77. The predicted molar refractivity (Wildman–Crippen MR) is 182 cm³/mol. The van der Waals surface area contributed by atoms with E-state index in [4.69, 9.17) is 14.2 Å². The third-order valence-electron chi connectivity index (χ3n) is 8.97. The molecular weight excluding hydrogens is 639 g/mol. The molecule has 1 saturated heterocycles. The number of likely N-dealkylation sites (N-methyl/N-ethyl adjacent to an activating group) is 1. The van der Waals surface area contributed by atoms with Gasteiger partial charge in [-0.15, -0.1) is 13.2 Å². The minimum absolute atomic E-state index is 0.0264. The number of piperidine rings is 1. The highest BCUT2D eigenvalue weighted by atomic mass is 19.4. The smallest absolute Gasteiger partial charge is 0.493 e. The van der Waals surface area contributed by atoms with Crippen molar-refractivity contribution in [3.63, 3.8) is 0 Å². The molecule has 1 aliphatic heterocycles. The highest BCUT2D eigenvalue weighted by Crippen LogP contribution is 2.38. The normalized spacial score (nSPS) is 14.8. The van der Waals surface area contributed by atoms with Crippen molar-refractivity contribution >= 4 is 22.9 Å². The van der Waals surface area contributed by atoms with Crippen molar-refractivity contribution in [1.29, 1.82) is 0 Å². The van der Waals surface area contributed by atoms with Gasteiger partial charge in [-0.1, -0.05) is 42.5 Å². The SMILES string of the molecule is COc1cc(C(=O)N(C)CC(CCN2CCC(Nc3nc4ccccc4n3CCOC(F)(F)F)CC2)c2ccccc2)cc(OC)c1OC. The molecule has 1 aliphatic rings. The number of alkyl halides is 3. The maximum atomic E-state index is 13.6. The van der Waals surface area contributed by atoms with E-state index in [0.717, 1.165) is 55.5 Å². The minimum Gasteiger partial charge on any atom is -0.493 e. The number of anilines is 1. The zero-order chi connectivity index (χ0) is 35.0. The fourth-order valence-corrected chi connectivity index (χ4v) is 6.41. The average Bonchev–Trinajstić information content (AvgIpc) is 3.45. The van der Waals surface area contributed by atoms with Gasteiger partial charge in [-0.05, 0) is 55.6 Å². The van der Waals surface area contributed by atoms with Crippen LogP contribution in [0.25, 0.3) is 11.0 Å². The zero-order valence-corrected chi connectivity index (χ0v) is 28.3. The lowest BCUT2D eigenvalue weighted by Crippen LogP contribution is -2.40. The van der Waals surface area contributed by atoms with Gasteiger partial charge in [0, 0.05) is 50.7 Å². The summed E-state index contributed by atoms with van der Waals surface area (Å²) in [4.78, 5) is 22.5. The Morgan fingerprint density at radius 2 is 1.61 bits per heavy atom. The Morgan fingerprint density at radius 1 is 0.959 bits per heavy atom. The number of rotatable bonds is 15. The van der Waals surface area contributed by atoms with Gasteiger partial charge in [-0.2, -0.15) is 0 Å². The summed E-state index contributed by atoms with van der Waals surface area (Å²) < 4.78 is 60.1. The summed E-state index contributed by atoms with van der Waals surface area (Å²) in [6.07, 6.45) is -2.11. The van der Waals surface area contributed by atoms with Crippen molar-refractivity contribution in [2.75, 3.05) is 66.5 Å². The van der Waals surface area contributed by atoms with Crippen LogP contribution in [0.5, 0.6) is 17.2 Å². The molecule has 4 aromatic rings. The Morgan fingerprint density at radius 3 is 2.24 bits per heavy atom. The third-order valence-corrected chi connectivity index (χ3v) is 8.97. The summed E-state index contributed by atoms with van der Waals surface area (Å²) in [7, 11) is 6.38. The number of imidazole rings is 1. The van der Waals surface area contributed by atoms with Gasteiger partial charge in [0.15, 0.2) is 11.5 Å². The molecule has 1 unspecified atom stereocenters. The lowest BCUT2D eigenvalue weighted by molar-refractivity contribution is -0.325. The standard InChI is InChI=1S/C36H44F3N5O5/c1-42(34(45)27-22-31(46-2)33(48-4)32(23-27)47-3)24-26(25-10-6-5-7-11-25)14-17-43-18-15-28(16-19-43)40-35-41-29-12-8-9-13-30(29)44(35)20-21-49-36(37,38)39/h5-13,22-23,26,28H,14-21,24H2,1-4H3,(H,40,41). The fourth-order valence-electron chi connectivity index (χ4n) is 6.41. The number of nitrogens with one attached hydrogen (secondary N) is 1. The number of amides is 1. The van der Waals surface area contributed by atoms with E-state index < -0.39 is 13.0 Å². The number of carbonyl (C=O) groups excluding carboxylic acids is 1. The van der Waals surface area contributed by atoms with Gasteiger partial charge in [-0.3, -0.25) is 9.53 Å². The van der Waals surface area contributed by atoms with Gasteiger partial charge in [0.25, 0.3) is 5.91 Å². The van der Waals surface area contributed by atoms with Crippen LogP contribution in [-0.4, -0.2) is 98.8 Å². The number of nitrogens with zero attached hydrogens (tertiary/aromatic N) is 4. The first-order valence-corrected chi connectivity index (χ1v) is 16.4. The number of hydrogen-bond acceptors (Lipinski definition) is 8. The summed E-state index contributed by atoms with van der Waals surface area (Å²) in [5.41, 5.74) is 3.08. The lowest BCUT2D eigenvalue weighted by Gasteiger charge is -2.34. The van der Waals surface area contributed by atoms with Crippen LogP contribution in [0.4, 0.5) is 19.1 Å². The van der Waals surface area contributed by atoms with Gasteiger partial charge < -0.3 is 33.9 Å². The number of para-hydroxylation sites is 2. The largest absolute Gasteiger partial charge is 0.522 e. The third kappa shape index (κ3) is 9.15. The average molecular weight is 684 g/mol. The first-order valence-electron chi connectivity index (χ1n) is 16.4. The molecule has 49 heavy (non-hydrogen) atoms. The van der Waals surface area contributed by atoms with Crippen molar-refractivity contribution in [3.05, 3.63) is 77.9 Å². The van der Waals surface area contributed by atoms with Crippen LogP contribution in [0.2, 0.25) is 0 Å². The number of likely N-dealkylation sites (tertiary alicyclic amines) is 1. The Kier molecular flexibility index (Phi) is 11.9. The number of halogens is 3. The van der Waals surface area contributed by atoms with Crippen molar-refractivity contribution in [3.8, 4) is 17.2 Å². The Balaban J connectivity index is 1.20. The van der Waals surface area contributed by atoms with Crippen LogP contribution in [0.15, 0.2) is 66.7 Å². The summed E-state index contributed by atoms with van der Waals surface area (Å²) in [5, 5.41) is 3.49. The number of benzene rings is 3. The molecule has 1 atom stereocenters. The Bertz CT molecular complexity index is 1650. The van der Waals surface area contributed by atoms with Crippen LogP contribution < -0.4 is 19.5 Å². The predicted octanol–water partition coefficient (Wildman–Crippen LogP) is 6.42. The van der Waals surface area contributed by atoms with Crippen LogP contribution in [0.3, 0.4) is 0 Å². The van der Waals surface area contributed by atoms with Crippen LogP contribution in [0, 0.1) is 0 Å².